The summed E-state index contributed by atoms with van der Waals surface area (Å²) in [6.07, 6.45) is 8.75. The van der Waals surface area contributed by atoms with Gasteiger partial charge in [0.05, 0.1) is 12.3 Å². The Morgan fingerprint density at radius 3 is 2.96 bits per heavy atom. The van der Waals surface area contributed by atoms with E-state index in [1.165, 1.54) is 0 Å². The number of carbonyl (C=O) groups is 1. The SMILES string of the molecule is O=C(Nc1cnccn1)[C@@H]1C[C@H]2CCN(CC3CCOCC3)C[C@@H]2O1. The van der Waals surface area contributed by atoms with Gasteiger partial charge >= 0.3 is 0 Å². The Balaban J connectivity index is 1.28. The number of anilines is 1. The number of fused-ring (bicyclic) bond motifs is 1. The van der Waals surface area contributed by atoms with Gasteiger partial charge in [-0.1, -0.05) is 0 Å². The fourth-order valence-corrected chi connectivity index (χ4v) is 4.19. The molecule has 7 nitrogen and oxygen atoms in total. The number of carbonyl (C=O) groups excluding carboxylic acids is 1. The van der Waals surface area contributed by atoms with Crippen LogP contribution in [0, 0.1) is 11.8 Å². The second-order valence-corrected chi connectivity index (χ2v) is 7.34. The molecule has 3 aliphatic rings. The summed E-state index contributed by atoms with van der Waals surface area (Å²) in [7, 11) is 0. The van der Waals surface area contributed by atoms with E-state index in [4.69, 9.17) is 9.47 Å². The highest BCUT2D eigenvalue weighted by Crippen LogP contribution is 2.34. The van der Waals surface area contributed by atoms with Crippen LogP contribution in [0.4, 0.5) is 5.82 Å². The van der Waals surface area contributed by atoms with Gasteiger partial charge in [0.15, 0.2) is 5.82 Å². The first kappa shape index (κ1) is 16.9. The fraction of sp³-hybridized carbons (Fsp3) is 0.722. The lowest BCUT2D eigenvalue weighted by Gasteiger charge is -2.36. The minimum Gasteiger partial charge on any atom is -0.381 e. The molecule has 3 aliphatic heterocycles. The molecule has 0 unspecified atom stereocenters. The molecule has 7 heteroatoms. The minimum atomic E-state index is -0.375. The maximum Gasteiger partial charge on any atom is 0.254 e. The van der Waals surface area contributed by atoms with Crippen LogP contribution >= 0.6 is 0 Å². The first-order valence-electron chi connectivity index (χ1n) is 9.30. The molecule has 1 amide bonds. The summed E-state index contributed by atoms with van der Waals surface area (Å²) < 4.78 is 11.5. The van der Waals surface area contributed by atoms with Crippen molar-refractivity contribution in [2.75, 3.05) is 38.2 Å². The summed E-state index contributed by atoms with van der Waals surface area (Å²) in [6, 6.07) is 0. The molecule has 0 aromatic carbocycles. The molecular formula is C18H26N4O3. The quantitative estimate of drug-likeness (QED) is 0.886. The second-order valence-electron chi connectivity index (χ2n) is 7.34. The molecule has 1 aromatic rings. The number of nitrogens with zero attached hydrogens (tertiary/aromatic N) is 3. The van der Waals surface area contributed by atoms with Gasteiger partial charge in [-0.2, -0.15) is 0 Å². The molecule has 3 fully saturated rings. The van der Waals surface area contributed by atoms with Crippen molar-refractivity contribution in [3.05, 3.63) is 18.6 Å². The van der Waals surface area contributed by atoms with E-state index in [9.17, 15) is 4.79 Å². The number of hydrogen-bond acceptors (Lipinski definition) is 6. The number of ether oxygens (including phenoxy) is 2. The Bertz CT molecular complexity index is 579. The van der Waals surface area contributed by atoms with Crippen molar-refractivity contribution in [1.29, 1.82) is 0 Å². The molecule has 3 atom stereocenters. The molecule has 0 bridgehead atoms. The van der Waals surface area contributed by atoms with Crippen molar-refractivity contribution in [2.45, 2.75) is 37.9 Å². The lowest BCUT2D eigenvalue weighted by molar-refractivity contribution is -0.127. The Morgan fingerprint density at radius 2 is 2.16 bits per heavy atom. The maximum absolute atomic E-state index is 12.4. The van der Waals surface area contributed by atoms with Gasteiger partial charge in [0.2, 0.25) is 0 Å². The summed E-state index contributed by atoms with van der Waals surface area (Å²) in [5.41, 5.74) is 0. The van der Waals surface area contributed by atoms with Crippen LogP contribution in [0.3, 0.4) is 0 Å². The number of likely N-dealkylation sites (tertiary alicyclic amines) is 1. The predicted octanol–water partition coefficient (Wildman–Crippen LogP) is 1.32. The van der Waals surface area contributed by atoms with Crippen molar-refractivity contribution >= 4 is 11.7 Å². The van der Waals surface area contributed by atoms with Crippen LogP contribution in [0.25, 0.3) is 0 Å². The van der Waals surface area contributed by atoms with E-state index in [-0.39, 0.29) is 18.1 Å². The highest BCUT2D eigenvalue weighted by atomic mass is 16.5. The number of amides is 1. The topological polar surface area (TPSA) is 76.6 Å². The lowest BCUT2D eigenvalue weighted by atomic mass is 9.90. The van der Waals surface area contributed by atoms with Crippen molar-refractivity contribution in [3.63, 3.8) is 0 Å². The zero-order valence-corrected chi connectivity index (χ0v) is 14.5. The van der Waals surface area contributed by atoms with Crippen molar-refractivity contribution in [3.8, 4) is 0 Å². The van der Waals surface area contributed by atoms with Gasteiger partial charge in [-0.3, -0.25) is 9.78 Å². The van der Waals surface area contributed by atoms with E-state index >= 15 is 0 Å². The maximum atomic E-state index is 12.4. The molecule has 136 valence electrons. The van der Waals surface area contributed by atoms with Crippen LogP contribution in [0.2, 0.25) is 0 Å². The monoisotopic (exact) mass is 346 g/mol. The van der Waals surface area contributed by atoms with Gasteiger partial charge < -0.3 is 19.7 Å². The zero-order valence-electron chi connectivity index (χ0n) is 14.5. The average Bonchev–Trinajstić information content (AvgIpc) is 3.07. The Labute approximate surface area is 148 Å². The van der Waals surface area contributed by atoms with Crippen LogP contribution in [0.15, 0.2) is 18.6 Å². The third-order valence-electron chi connectivity index (χ3n) is 5.60. The van der Waals surface area contributed by atoms with Gasteiger partial charge in [-0.05, 0) is 44.1 Å². The van der Waals surface area contributed by atoms with Gasteiger partial charge in [-0.15, -0.1) is 0 Å². The third-order valence-corrected chi connectivity index (χ3v) is 5.60. The smallest absolute Gasteiger partial charge is 0.254 e. The molecular weight excluding hydrogens is 320 g/mol. The molecule has 0 aliphatic carbocycles. The second kappa shape index (κ2) is 7.76. The van der Waals surface area contributed by atoms with Crippen LogP contribution < -0.4 is 5.32 Å². The molecule has 1 aromatic heterocycles. The van der Waals surface area contributed by atoms with Crippen molar-refractivity contribution in [1.82, 2.24) is 14.9 Å². The molecule has 4 rings (SSSR count). The Kier molecular flexibility index (Phi) is 5.24. The largest absolute Gasteiger partial charge is 0.381 e. The van der Waals surface area contributed by atoms with Gasteiger partial charge in [0.1, 0.15) is 6.10 Å². The molecule has 4 heterocycles. The molecule has 0 saturated carbocycles. The van der Waals surface area contributed by atoms with E-state index in [0.29, 0.717) is 11.7 Å². The van der Waals surface area contributed by atoms with E-state index in [2.05, 4.69) is 20.2 Å². The van der Waals surface area contributed by atoms with E-state index in [1.54, 1.807) is 18.6 Å². The van der Waals surface area contributed by atoms with Crippen LogP contribution in [-0.4, -0.2) is 65.8 Å². The average molecular weight is 346 g/mol. The highest BCUT2D eigenvalue weighted by molar-refractivity contribution is 5.93. The van der Waals surface area contributed by atoms with E-state index in [0.717, 1.165) is 64.4 Å². The molecule has 0 spiro atoms. The van der Waals surface area contributed by atoms with Crippen molar-refractivity contribution in [2.24, 2.45) is 11.8 Å². The first-order valence-corrected chi connectivity index (χ1v) is 9.30. The van der Waals surface area contributed by atoms with Gasteiger partial charge in [0, 0.05) is 38.7 Å². The predicted molar refractivity (Wildman–Crippen MR) is 92.0 cm³/mol. The minimum absolute atomic E-state index is 0.106. The summed E-state index contributed by atoms with van der Waals surface area (Å²) in [5, 5.41) is 2.81. The fourth-order valence-electron chi connectivity index (χ4n) is 4.19. The standard InChI is InChI=1S/C18H26N4O3/c23-18(21-17-10-19-4-5-20-17)15-9-14-1-6-22(12-16(14)25-15)11-13-2-7-24-8-3-13/h4-5,10,13-16H,1-3,6-9,11-12H2,(H,20,21,23)/t14-,15+,16+/m1/s1. The number of rotatable bonds is 4. The van der Waals surface area contributed by atoms with E-state index < -0.39 is 0 Å². The van der Waals surface area contributed by atoms with Crippen LogP contribution in [0.1, 0.15) is 25.7 Å². The van der Waals surface area contributed by atoms with Crippen molar-refractivity contribution < 1.29 is 14.3 Å². The molecule has 25 heavy (non-hydrogen) atoms. The number of aromatic nitrogens is 2. The van der Waals surface area contributed by atoms with E-state index in [1.807, 2.05) is 0 Å². The summed E-state index contributed by atoms with van der Waals surface area (Å²) in [4.78, 5) is 23.0. The summed E-state index contributed by atoms with van der Waals surface area (Å²) in [5.74, 6) is 1.60. The highest BCUT2D eigenvalue weighted by Gasteiger charge is 2.42. The van der Waals surface area contributed by atoms with Crippen LogP contribution in [0.5, 0.6) is 0 Å². The van der Waals surface area contributed by atoms with Gasteiger partial charge in [0.25, 0.3) is 5.91 Å². The lowest BCUT2D eigenvalue weighted by Crippen LogP contribution is -2.45. The summed E-state index contributed by atoms with van der Waals surface area (Å²) in [6.45, 7) is 4.97. The molecule has 0 radical (unpaired) electrons. The molecule has 3 saturated heterocycles. The third kappa shape index (κ3) is 4.16. The number of piperidine rings is 1. The number of nitrogens with one attached hydrogen (secondary N) is 1. The number of hydrogen-bond donors (Lipinski definition) is 1. The normalized spacial score (nSPS) is 30.8. The zero-order chi connectivity index (χ0) is 17.1. The molecule has 1 N–H and O–H groups in total. The first-order chi connectivity index (χ1) is 12.3. The van der Waals surface area contributed by atoms with Crippen LogP contribution in [-0.2, 0) is 14.3 Å². The van der Waals surface area contributed by atoms with Gasteiger partial charge in [-0.25, -0.2) is 4.98 Å². The summed E-state index contributed by atoms with van der Waals surface area (Å²) >= 11 is 0. The Hall–Kier alpha value is -1.57. The Morgan fingerprint density at radius 1 is 1.28 bits per heavy atom.